The summed E-state index contributed by atoms with van der Waals surface area (Å²) in [5.74, 6) is 0.997. The predicted molar refractivity (Wildman–Crippen MR) is 64.3 cm³/mol. The van der Waals surface area contributed by atoms with Crippen molar-refractivity contribution >= 4 is 0 Å². The van der Waals surface area contributed by atoms with Crippen molar-refractivity contribution in [3.05, 3.63) is 29.3 Å². The fraction of sp³-hybridized carbons (Fsp3) is 0.538. The first-order chi connectivity index (χ1) is 7.13. The third kappa shape index (κ3) is 3.92. The monoisotopic (exact) mass is 207 g/mol. The summed E-state index contributed by atoms with van der Waals surface area (Å²) in [4.78, 5) is 0. The molecule has 1 aromatic carbocycles. The molecule has 0 heterocycles. The highest BCUT2D eigenvalue weighted by Crippen LogP contribution is 2.19. The van der Waals surface area contributed by atoms with Gasteiger partial charge in [0.25, 0.3) is 0 Å². The van der Waals surface area contributed by atoms with Gasteiger partial charge in [-0.05, 0) is 19.9 Å². The Hall–Kier alpha value is -1.02. The molecule has 0 aliphatic heterocycles. The molecule has 0 amide bonds. The fourth-order valence-corrected chi connectivity index (χ4v) is 1.46. The predicted octanol–water partition coefficient (Wildman–Crippen LogP) is 2.89. The standard InChI is InChI=1S/C13H21NO/c1-5-15-13-7-6-11(4)8-12(13)9-14-10(2)3/h6-8,10,14H,5,9H2,1-4H3. The van der Waals surface area contributed by atoms with Crippen LogP contribution in [0.15, 0.2) is 18.2 Å². The van der Waals surface area contributed by atoms with Gasteiger partial charge in [-0.2, -0.15) is 0 Å². The molecule has 0 aromatic heterocycles. The summed E-state index contributed by atoms with van der Waals surface area (Å²) in [5.41, 5.74) is 2.52. The SMILES string of the molecule is CCOc1ccc(C)cc1CNC(C)C. The minimum atomic E-state index is 0.500. The minimum absolute atomic E-state index is 0.500. The van der Waals surface area contributed by atoms with Crippen molar-refractivity contribution in [1.29, 1.82) is 0 Å². The maximum absolute atomic E-state index is 5.58. The second-order valence-electron chi connectivity index (χ2n) is 4.08. The highest BCUT2D eigenvalue weighted by molar-refractivity contribution is 5.36. The smallest absolute Gasteiger partial charge is 0.123 e. The van der Waals surface area contributed by atoms with Gasteiger partial charge in [0.1, 0.15) is 5.75 Å². The van der Waals surface area contributed by atoms with Crippen molar-refractivity contribution in [2.24, 2.45) is 0 Å². The Balaban J connectivity index is 2.77. The number of ether oxygens (including phenoxy) is 1. The van der Waals surface area contributed by atoms with E-state index in [-0.39, 0.29) is 0 Å². The van der Waals surface area contributed by atoms with Gasteiger partial charge in [0.2, 0.25) is 0 Å². The Kier molecular flexibility index (Phi) is 4.63. The average molecular weight is 207 g/mol. The van der Waals surface area contributed by atoms with E-state index in [0.717, 1.165) is 18.9 Å². The van der Waals surface area contributed by atoms with E-state index in [9.17, 15) is 0 Å². The zero-order valence-electron chi connectivity index (χ0n) is 10.1. The molecule has 84 valence electrons. The number of benzene rings is 1. The van der Waals surface area contributed by atoms with E-state index in [4.69, 9.17) is 4.74 Å². The molecule has 1 aromatic rings. The molecule has 0 unspecified atom stereocenters. The normalized spacial score (nSPS) is 10.7. The third-order valence-electron chi connectivity index (χ3n) is 2.22. The molecule has 2 nitrogen and oxygen atoms in total. The zero-order valence-corrected chi connectivity index (χ0v) is 10.1. The second-order valence-corrected chi connectivity index (χ2v) is 4.08. The van der Waals surface area contributed by atoms with Crippen LogP contribution < -0.4 is 10.1 Å². The summed E-state index contributed by atoms with van der Waals surface area (Å²) in [6.45, 7) is 10.0. The van der Waals surface area contributed by atoms with Crippen molar-refractivity contribution in [1.82, 2.24) is 5.32 Å². The van der Waals surface area contributed by atoms with Crippen LogP contribution in [0, 0.1) is 6.92 Å². The summed E-state index contributed by atoms with van der Waals surface area (Å²) in [5, 5.41) is 3.41. The Morgan fingerprint density at radius 2 is 2.07 bits per heavy atom. The molecule has 0 aliphatic carbocycles. The molecule has 1 N–H and O–H groups in total. The molecule has 0 atom stereocenters. The van der Waals surface area contributed by atoms with Crippen LogP contribution in [0.4, 0.5) is 0 Å². The van der Waals surface area contributed by atoms with Crippen LogP contribution in [0.1, 0.15) is 31.9 Å². The van der Waals surface area contributed by atoms with Crippen LogP contribution in [0.2, 0.25) is 0 Å². The molecule has 0 fully saturated rings. The Morgan fingerprint density at radius 3 is 2.67 bits per heavy atom. The van der Waals surface area contributed by atoms with Gasteiger partial charge in [-0.1, -0.05) is 31.5 Å². The molecule has 15 heavy (non-hydrogen) atoms. The van der Waals surface area contributed by atoms with E-state index in [1.807, 2.05) is 6.92 Å². The van der Waals surface area contributed by atoms with Gasteiger partial charge in [-0.3, -0.25) is 0 Å². The topological polar surface area (TPSA) is 21.3 Å². The summed E-state index contributed by atoms with van der Waals surface area (Å²) >= 11 is 0. The van der Waals surface area contributed by atoms with E-state index in [0.29, 0.717) is 6.04 Å². The van der Waals surface area contributed by atoms with Crippen LogP contribution in [0.5, 0.6) is 5.75 Å². The summed E-state index contributed by atoms with van der Waals surface area (Å²) in [6, 6.07) is 6.82. The van der Waals surface area contributed by atoms with Crippen LogP contribution >= 0.6 is 0 Å². The molecule has 0 bridgehead atoms. The molecule has 0 aliphatic rings. The van der Waals surface area contributed by atoms with Gasteiger partial charge in [0.05, 0.1) is 6.61 Å². The molecule has 2 heteroatoms. The van der Waals surface area contributed by atoms with Crippen molar-refractivity contribution in [3.63, 3.8) is 0 Å². The summed E-state index contributed by atoms with van der Waals surface area (Å²) < 4.78 is 5.58. The summed E-state index contributed by atoms with van der Waals surface area (Å²) in [6.07, 6.45) is 0. The van der Waals surface area contributed by atoms with E-state index < -0.39 is 0 Å². The fourth-order valence-electron chi connectivity index (χ4n) is 1.46. The lowest BCUT2D eigenvalue weighted by Gasteiger charge is -2.13. The molecule has 0 spiro atoms. The Morgan fingerprint density at radius 1 is 1.33 bits per heavy atom. The van der Waals surface area contributed by atoms with Crippen molar-refractivity contribution in [2.45, 2.75) is 40.3 Å². The van der Waals surface area contributed by atoms with E-state index in [1.54, 1.807) is 0 Å². The lowest BCUT2D eigenvalue weighted by Crippen LogP contribution is -2.22. The van der Waals surface area contributed by atoms with E-state index in [1.165, 1.54) is 11.1 Å². The number of hydrogen-bond donors (Lipinski definition) is 1. The van der Waals surface area contributed by atoms with Gasteiger partial charge in [0.15, 0.2) is 0 Å². The van der Waals surface area contributed by atoms with E-state index in [2.05, 4.69) is 44.3 Å². The lowest BCUT2D eigenvalue weighted by atomic mass is 10.1. The first-order valence-corrected chi connectivity index (χ1v) is 5.59. The van der Waals surface area contributed by atoms with Crippen molar-refractivity contribution < 1.29 is 4.74 Å². The molecule has 0 radical (unpaired) electrons. The number of nitrogens with one attached hydrogen (secondary N) is 1. The number of aryl methyl sites for hydroxylation is 1. The maximum atomic E-state index is 5.58. The quantitative estimate of drug-likeness (QED) is 0.801. The first kappa shape index (κ1) is 12.1. The molecule has 0 saturated carbocycles. The first-order valence-electron chi connectivity index (χ1n) is 5.59. The number of hydrogen-bond acceptors (Lipinski definition) is 2. The minimum Gasteiger partial charge on any atom is -0.494 e. The van der Waals surface area contributed by atoms with Gasteiger partial charge in [0, 0.05) is 18.2 Å². The van der Waals surface area contributed by atoms with Gasteiger partial charge >= 0.3 is 0 Å². The van der Waals surface area contributed by atoms with Gasteiger partial charge in [-0.25, -0.2) is 0 Å². The highest BCUT2D eigenvalue weighted by Gasteiger charge is 2.04. The Labute approximate surface area is 92.6 Å². The van der Waals surface area contributed by atoms with Crippen molar-refractivity contribution in [2.75, 3.05) is 6.61 Å². The van der Waals surface area contributed by atoms with E-state index >= 15 is 0 Å². The van der Waals surface area contributed by atoms with Crippen LogP contribution in [-0.4, -0.2) is 12.6 Å². The molecular weight excluding hydrogens is 186 g/mol. The van der Waals surface area contributed by atoms with Crippen molar-refractivity contribution in [3.8, 4) is 5.75 Å². The Bertz CT molecular complexity index is 307. The van der Waals surface area contributed by atoms with Gasteiger partial charge in [-0.15, -0.1) is 0 Å². The average Bonchev–Trinajstić information content (AvgIpc) is 2.18. The van der Waals surface area contributed by atoms with Gasteiger partial charge < -0.3 is 10.1 Å². The zero-order chi connectivity index (χ0) is 11.3. The second kappa shape index (κ2) is 5.76. The molecule has 1 rings (SSSR count). The highest BCUT2D eigenvalue weighted by atomic mass is 16.5. The molecule has 0 saturated heterocycles. The third-order valence-corrected chi connectivity index (χ3v) is 2.22. The van der Waals surface area contributed by atoms with Crippen LogP contribution in [0.25, 0.3) is 0 Å². The maximum Gasteiger partial charge on any atom is 0.123 e. The van der Waals surface area contributed by atoms with Crippen LogP contribution in [0.3, 0.4) is 0 Å². The number of rotatable bonds is 5. The van der Waals surface area contributed by atoms with Crippen LogP contribution in [-0.2, 0) is 6.54 Å². The summed E-state index contributed by atoms with van der Waals surface area (Å²) in [7, 11) is 0. The largest absolute Gasteiger partial charge is 0.494 e. The molecular formula is C13H21NO. The lowest BCUT2D eigenvalue weighted by molar-refractivity contribution is 0.335.